The van der Waals surface area contributed by atoms with Crippen LogP contribution in [0.1, 0.15) is 104 Å². The third-order valence-corrected chi connectivity index (χ3v) is 11.9. The molecule has 51 heavy (non-hydrogen) atoms. The molecule has 8 rings (SSSR count). The molecule has 4 fully saturated rings. The van der Waals surface area contributed by atoms with E-state index in [9.17, 15) is 14.4 Å². The predicted octanol–water partition coefficient (Wildman–Crippen LogP) is 6.33. The molecule has 2 N–H and O–H groups in total. The summed E-state index contributed by atoms with van der Waals surface area (Å²) in [6.07, 6.45) is 17.6. The van der Waals surface area contributed by atoms with Gasteiger partial charge in [-0.3, -0.25) is 24.6 Å². The highest BCUT2D eigenvalue weighted by atomic mass is 16.2. The summed E-state index contributed by atoms with van der Waals surface area (Å²) in [5.74, 6) is 1.42. The second-order valence-corrected chi connectivity index (χ2v) is 15.0. The van der Waals surface area contributed by atoms with E-state index in [4.69, 9.17) is 9.97 Å². The number of aldehydes is 1. The van der Waals surface area contributed by atoms with Crippen molar-refractivity contribution < 1.29 is 14.4 Å². The maximum absolute atomic E-state index is 12.2. The summed E-state index contributed by atoms with van der Waals surface area (Å²) in [6, 6.07) is 15.5. The van der Waals surface area contributed by atoms with Crippen LogP contribution in [0.25, 0.3) is 11.0 Å². The van der Waals surface area contributed by atoms with Crippen LogP contribution in [0.5, 0.6) is 0 Å². The van der Waals surface area contributed by atoms with Crippen LogP contribution >= 0.6 is 0 Å². The molecule has 2 aliphatic heterocycles. The van der Waals surface area contributed by atoms with E-state index in [-0.39, 0.29) is 17.7 Å². The highest BCUT2D eigenvalue weighted by molar-refractivity contribution is 6.00. The number of carbonyl (C=O) groups excluding carboxylic acids is 3. The molecule has 1 aromatic carbocycles. The number of hydrogen-bond acceptors (Lipinski definition) is 9. The third kappa shape index (κ3) is 7.40. The number of nitrogens with zero attached hydrogens (tertiary/aromatic N) is 6. The largest absolute Gasteiger partial charge is 0.368 e. The van der Waals surface area contributed by atoms with Crippen molar-refractivity contribution in [1.29, 1.82) is 0 Å². The quantitative estimate of drug-likeness (QED) is 0.145. The summed E-state index contributed by atoms with van der Waals surface area (Å²) in [5, 5.41) is 6.63. The Morgan fingerprint density at radius 2 is 1.63 bits per heavy atom. The molecule has 11 heteroatoms. The minimum Gasteiger partial charge on any atom is -0.368 e. The number of pyridine rings is 1. The van der Waals surface area contributed by atoms with Crippen molar-refractivity contribution in [1.82, 2.24) is 29.7 Å². The number of fused-ring (bicyclic) bond motifs is 1. The summed E-state index contributed by atoms with van der Waals surface area (Å²) in [6.45, 7) is 4.15. The Kier molecular flexibility index (Phi) is 9.80. The van der Waals surface area contributed by atoms with Gasteiger partial charge in [0.2, 0.25) is 17.8 Å². The molecular weight excluding hydrogens is 640 g/mol. The van der Waals surface area contributed by atoms with Crippen LogP contribution in [0.15, 0.2) is 54.9 Å². The number of piperazine rings is 1. The fraction of sp³-hybridized carbons (Fsp3) is 0.500. The molecule has 1 atom stereocenters. The first-order chi connectivity index (χ1) is 25.0. The van der Waals surface area contributed by atoms with Crippen LogP contribution in [-0.2, 0) is 16.0 Å². The van der Waals surface area contributed by atoms with E-state index < -0.39 is 0 Å². The number of aryl methyl sites for hydroxylation is 1. The lowest BCUT2D eigenvalue weighted by atomic mass is 9.82. The van der Waals surface area contributed by atoms with Gasteiger partial charge in [0, 0.05) is 56.3 Å². The van der Waals surface area contributed by atoms with Crippen LogP contribution in [0.4, 0.5) is 17.5 Å². The smallest absolute Gasteiger partial charge is 0.234 e. The number of carbonyl (C=O) groups is 3. The lowest BCUT2D eigenvalue weighted by Gasteiger charge is -2.42. The van der Waals surface area contributed by atoms with Gasteiger partial charge in [0.05, 0.1) is 23.5 Å². The summed E-state index contributed by atoms with van der Waals surface area (Å²) in [7, 11) is 0. The fourth-order valence-electron chi connectivity index (χ4n) is 8.93. The zero-order chi connectivity index (χ0) is 34.7. The molecule has 2 saturated heterocycles. The van der Waals surface area contributed by atoms with Crippen molar-refractivity contribution in [2.45, 2.75) is 95.1 Å². The summed E-state index contributed by atoms with van der Waals surface area (Å²) in [5.41, 5.74) is 4.95. The number of hydrogen-bond donors (Lipinski definition) is 2. The molecule has 4 aliphatic rings. The first kappa shape index (κ1) is 33.5. The highest BCUT2D eigenvalue weighted by Gasteiger charge is 2.30. The molecule has 3 aromatic heterocycles. The van der Waals surface area contributed by atoms with Gasteiger partial charge >= 0.3 is 0 Å². The number of benzene rings is 1. The Labute approximate surface area is 299 Å². The number of anilines is 3. The molecule has 0 radical (unpaired) electrons. The third-order valence-electron chi connectivity index (χ3n) is 11.9. The number of rotatable bonds is 10. The summed E-state index contributed by atoms with van der Waals surface area (Å²) < 4.78 is 2.10. The van der Waals surface area contributed by atoms with Crippen molar-refractivity contribution >= 4 is 46.6 Å². The SMILES string of the molecule is O=Cc1cc2cnc(Nc3ccc(N4CCN(C5CCC(CCc6ccc(C7CCC(=O)NC7=O)cc6)CC5)CC4)cn3)nc2n1C1CCCC1. The van der Waals surface area contributed by atoms with E-state index in [1.165, 1.54) is 50.5 Å². The Morgan fingerprint density at radius 1 is 0.843 bits per heavy atom. The molecule has 0 spiro atoms. The molecule has 4 aromatic rings. The van der Waals surface area contributed by atoms with Crippen molar-refractivity contribution in [3.8, 4) is 0 Å². The van der Waals surface area contributed by atoms with E-state index >= 15 is 0 Å². The minimum absolute atomic E-state index is 0.165. The monoisotopic (exact) mass is 688 g/mol. The summed E-state index contributed by atoms with van der Waals surface area (Å²) >= 11 is 0. The molecule has 2 saturated carbocycles. The topological polar surface area (TPSA) is 125 Å². The lowest BCUT2D eigenvalue weighted by Crippen LogP contribution is -2.51. The van der Waals surface area contributed by atoms with Gasteiger partial charge < -0.3 is 14.8 Å². The highest BCUT2D eigenvalue weighted by Crippen LogP contribution is 2.35. The van der Waals surface area contributed by atoms with Gasteiger partial charge in [0.15, 0.2) is 6.29 Å². The van der Waals surface area contributed by atoms with Crippen LogP contribution in [0, 0.1) is 5.92 Å². The molecule has 11 nitrogen and oxygen atoms in total. The molecule has 2 amide bonds. The van der Waals surface area contributed by atoms with Crippen molar-refractivity contribution in [3.05, 3.63) is 71.7 Å². The second kappa shape index (κ2) is 14.9. The predicted molar refractivity (Wildman–Crippen MR) is 197 cm³/mol. The fourth-order valence-corrected chi connectivity index (χ4v) is 8.93. The minimum atomic E-state index is -0.211. The zero-order valence-corrected chi connectivity index (χ0v) is 29.3. The van der Waals surface area contributed by atoms with Gasteiger partial charge in [-0.15, -0.1) is 0 Å². The van der Waals surface area contributed by atoms with E-state index in [1.54, 1.807) is 6.20 Å². The molecular formula is C40H48N8O3. The van der Waals surface area contributed by atoms with Crippen molar-refractivity contribution in [3.63, 3.8) is 0 Å². The van der Waals surface area contributed by atoms with Gasteiger partial charge in [-0.2, -0.15) is 4.98 Å². The average Bonchev–Trinajstić information content (AvgIpc) is 3.83. The van der Waals surface area contributed by atoms with E-state index in [2.05, 4.69) is 60.3 Å². The number of aromatic nitrogens is 4. The van der Waals surface area contributed by atoms with Gasteiger partial charge in [0.25, 0.3) is 0 Å². The first-order valence-corrected chi connectivity index (χ1v) is 19.0. The van der Waals surface area contributed by atoms with E-state index in [0.29, 0.717) is 42.4 Å². The number of piperidine rings is 1. The van der Waals surface area contributed by atoms with Crippen LogP contribution in [-0.4, -0.2) is 74.7 Å². The normalized spacial score (nSPS) is 23.5. The Bertz CT molecular complexity index is 1850. The van der Waals surface area contributed by atoms with Crippen LogP contribution < -0.4 is 15.5 Å². The van der Waals surface area contributed by atoms with Gasteiger partial charge in [-0.25, -0.2) is 9.97 Å². The maximum atomic E-state index is 12.2. The summed E-state index contributed by atoms with van der Waals surface area (Å²) in [4.78, 5) is 54.7. The van der Waals surface area contributed by atoms with Crippen LogP contribution in [0.2, 0.25) is 0 Å². The van der Waals surface area contributed by atoms with E-state index in [1.807, 2.05) is 18.3 Å². The van der Waals surface area contributed by atoms with Crippen molar-refractivity contribution in [2.24, 2.45) is 5.92 Å². The standard InChI is InChI=1S/C40H48N8O3/c49-26-34-23-30-24-42-40(45-38(30)48(34)32-3-1-2-4-32)43-36-17-15-33(25-41-36)47-21-19-46(20-22-47)31-13-9-28(10-14-31)6-5-27-7-11-29(12-8-27)35-16-18-37(50)44-39(35)51/h7-8,11-12,15,17,23-26,28,31-32,35H,1-6,9-10,13-14,16,18-22H2,(H,44,50,51)(H,41,42,43,45). The molecule has 2 aliphatic carbocycles. The molecule has 266 valence electrons. The number of amides is 2. The number of nitrogens with one attached hydrogen (secondary N) is 2. The van der Waals surface area contributed by atoms with Gasteiger partial charge in [-0.1, -0.05) is 37.1 Å². The van der Waals surface area contributed by atoms with Crippen molar-refractivity contribution in [2.75, 3.05) is 36.4 Å². The first-order valence-electron chi connectivity index (χ1n) is 19.0. The Hall–Kier alpha value is -4.64. The lowest BCUT2D eigenvalue weighted by molar-refractivity contribution is -0.134. The van der Waals surface area contributed by atoms with Gasteiger partial charge in [-0.05, 0) is 93.0 Å². The molecule has 5 heterocycles. The average molecular weight is 689 g/mol. The molecule has 0 bridgehead atoms. The molecule has 1 unspecified atom stereocenters. The zero-order valence-electron chi connectivity index (χ0n) is 29.3. The number of imide groups is 1. The van der Waals surface area contributed by atoms with Gasteiger partial charge in [0.1, 0.15) is 11.5 Å². The Balaban J connectivity index is 0.784. The van der Waals surface area contributed by atoms with E-state index in [0.717, 1.165) is 79.9 Å². The maximum Gasteiger partial charge on any atom is 0.234 e. The second-order valence-electron chi connectivity index (χ2n) is 15.0. The Morgan fingerprint density at radius 3 is 2.33 bits per heavy atom. The van der Waals surface area contributed by atoms with Crippen LogP contribution in [0.3, 0.4) is 0 Å².